The molecular formula is C19H27N7. The zero-order valence-corrected chi connectivity index (χ0v) is 16.2. The normalized spacial score (nSPS) is 11.3. The van der Waals surface area contributed by atoms with Crippen molar-refractivity contribution >= 4 is 22.9 Å². The molecule has 0 atom stereocenters. The third-order valence-electron chi connectivity index (χ3n) is 4.24. The number of fused-ring (bicyclic) bond motifs is 1. The van der Waals surface area contributed by atoms with E-state index in [4.69, 9.17) is 0 Å². The SMILES string of the molecule is Cc1nc2ccccc2n1CCCNc1nc(C(C)C)nc(N(C)C)n1. The van der Waals surface area contributed by atoms with Crippen LogP contribution in [-0.2, 0) is 6.54 Å². The number of aryl methyl sites for hydroxylation is 2. The number of hydrogen-bond acceptors (Lipinski definition) is 6. The van der Waals surface area contributed by atoms with Gasteiger partial charge in [0.25, 0.3) is 0 Å². The number of aromatic nitrogens is 5. The molecule has 7 heteroatoms. The monoisotopic (exact) mass is 353 g/mol. The maximum atomic E-state index is 4.62. The minimum atomic E-state index is 0.261. The number of rotatable bonds is 7. The summed E-state index contributed by atoms with van der Waals surface area (Å²) >= 11 is 0. The Morgan fingerprint density at radius 2 is 1.85 bits per heavy atom. The number of imidazole rings is 1. The summed E-state index contributed by atoms with van der Waals surface area (Å²) in [5.41, 5.74) is 2.23. The topological polar surface area (TPSA) is 71.8 Å². The van der Waals surface area contributed by atoms with Crippen molar-refractivity contribution in [3.05, 3.63) is 35.9 Å². The highest BCUT2D eigenvalue weighted by Gasteiger charge is 2.11. The smallest absolute Gasteiger partial charge is 0.229 e. The molecule has 0 aliphatic carbocycles. The summed E-state index contributed by atoms with van der Waals surface area (Å²) in [6, 6.07) is 8.25. The Morgan fingerprint density at radius 1 is 1.08 bits per heavy atom. The van der Waals surface area contributed by atoms with Crippen LogP contribution in [0.15, 0.2) is 24.3 Å². The van der Waals surface area contributed by atoms with Crippen molar-refractivity contribution in [3.63, 3.8) is 0 Å². The highest BCUT2D eigenvalue weighted by atomic mass is 15.3. The van der Waals surface area contributed by atoms with E-state index >= 15 is 0 Å². The number of nitrogens with zero attached hydrogens (tertiary/aromatic N) is 6. The van der Waals surface area contributed by atoms with Gasteiger partial charge >= 0.3 is 0 Å². The Morgan fingerprint density at radius 3 is 2.58 bits per heavy atom. The van der Waals surface area contributed by atoms with Gasteiger partial charge in [0.15, 0.2) is 0 Å². The van der Waals surface area contributed by atoms with Gasteiger partial charge in [-0.05, 0) is 25.5 Å². The average Bonchev–Trinajstić information content (AvgIpc) is 2.93. The number of benzene rings is 1. The van der Waals surface area contributed by atoms with Crippen molar-refractivity contribution in [1.29, 1.82) is 0 Å². The molecule has 0 aliphatic rings. The summed E-state index contributed by atoms with van der Waals surface area (Å²) in [7, 11) is 3.88. The highest BCUT2D eigenvalue weighted by molar-refractivity contribution is 5.75. The second-order valence-corrected chi connectivity index (χ2v) is 6.95. The van der Waals surface area contributed by atoms with Crippen molar-refractivity contribution in [2.45, 2.75) is 39.7 Å². The molecule has 7 nitrogen and oxygen atoms in total. The molecule has 0 fully saturated rings. The van der Waals surface area contributed by atoms with Crippen LogP contribution in [-0.4, -0.2) is 45.1 Å². The summed E-state index contributed by atoms with van der Waals surface area (Å²) in [6.45, 7) is 7.93. The molecule has 3 rings (SSSR count). The van der Waals surface area contributed by atoms with E-state index in [9.17, 15) is 0 Å². The molecule has 138 valence electrons. The molecule has 0 aliphatic heterocycles. The Kier molecular flexibility index (Phi) is 5.35. The maximum absolute atomic E-state index is 4.62. The lowest BCUT2D eigenvalue weighted by Crippen LogP contribution is -2.18. The minimum absolute atomic E-state index is 0.261. The lowest BCUT2D eigenvalue weighted by Gasteiger charge is -2.15. The van der Waals surface area contributed by atoms with Crippen molar-refractivity contribution in [2.75, 3.05) is 30.9 Å². The van der Waals surface area contributed by atoms with Crippen molar-refractivity contribution < 1.29 is 0 Å². The summed E-state index contributed by atoms with van der Waals surface area (Å²) in [5.74, 6) is 3.44. The summed E-state index contributed by atoms with van der Waals surface area (Å²) in [6.07, 6.45) is 0.960. The predicted molar refractivity (Wildman–Crippen MR) is 106 cm³/mol. The fraction of sp³-hybridized carbons (Fsp3) is 0.474. The van der Waals surface area contributed by atoms with Crippen LogP contribution < -0.4 is 10.2 Å². The molecule has 1 N–H and O–H groups in total. The fourth-order valence-corrected chi connectivity index (χ4v) is 2.83. The quantitative estimate of drug-likeness (QED) is 0.658. The standard InChI is InChI=1S/C19H27N7/c1-13(2)17-22-18(24-19(23-17)25(4)5)20-11-8-12-26-14(3)21-15-9-6-7-10-16(15)26/h6-7,9-10,13H,8,11-12H2,1-5H3,(H,20,22,23,24). The molecule has 0 amide bonds. The zero-order chi connectivity index (χ0) is 18.7. The van der Waals surface area contributed by atoms with Gasteiger partial charge in [-0.25, -0.2) is 4.98 Å². The van der Waals surface area contributed by atoms with Gasteiger partial charge < -0.3 is 14.8 Å². The molecule has 0 saturated heterocycles. The van der Waals surface area contributed by atoms with Crippen LogP contribution >= 0.6 is 0 Å². The van der Waals surface area contributed by atoms with E-state index in [0.717, 1.165) is 36.7 Å². The Labute approximate surface area is 154 Å². The number of para-hydroxylation sites is 2. The maximum Gasteiger partial charge on any atom is 0.229 e. The number of nitrogens with one attached hydrogen (secondary N) is 1. The number of anilines is 2. The third-order valence-corrected chi connectivity index (χ3v) is 4.24. The van der Waals surface area contributed by atoms with Gasteiger partial charge in [0, 0.05) is 33.1 Å². The van der Waals surface area contributed by atoms with Gasteiger partial charge in [0.05, 0.1) is 11.0 Å². The van der Waals surface area contributed by atoms with Crippen LogP contribution in [0.25, 0.3) is 11.0 Å². The molecule has 26 heavy (non-hydrogen) atoms. The fourth-order valence-electron chi connectivity index (χ4n) is 2.83. The van der Waals surface area contributed by atoms with E-state index in [-0.39, 0.29) is 5.92 Å². The van der Waals surface area contributed by atoms with Gasteiger partial charge in [0.1, 0.15) is 11.6 Å². The second kappa shape index (κ2) is 7.68. The van der Waals surface area contributed by atoms with Gasteiger partial charge in [-0.2, -0.15) is 15.0 Å². The predicted octanol–water partition coefficient (Wildman–Crippen LogP) is 3.22. The minimum Gasteiger partial charge on any atom is -0.354 e. The van der Waals surface area contributed by atoms with E-state index in [1.165, 1.54) is 5.52 Å². The number of hydrogen-bond donors (Lipinski definition) is 1. The molecule has 1 aromatic carbocycles. The van der Waals surface area contributed by atoms with E-state index in [2.05, 4.69) is 68.8 Å². The Bertz CT molecular complexity index is 856. The van der Waals surface area contributed by atoms with Crippen LogP contribution in [0.2, 0.25) is 0 Å². The first-order chi connectivity index (χ1) is 12.5. The first kappa shape index (κ1) is 18.1. The van der Waals surface area contributed by atoms with Crippen LogP contribution in [0, 0.1) is 6.92 Å². The van der Waals surface area contributed by atoms with E-state index in [1.54, 1.807) is 0 Å². The van der Waals surface area contributed by atoms with Crippen LogP contribution in [0.4, 0.5) is 11.9 Å². The molecular weight excluding hydrogens is 326 g/mol. The van der Waals surface area contributed by atoms with Crippen LogP contribution in [0.1, 0.15) is 37.8 Å². The van der Waals surface area contributed by atoms with E-state index < -0.39 is 0 Å². The summed E-state index contributed by atoms with van der Waals surface area (Å²) in [4.78, 5) is 20.0. The van der Waals surface area contributed by atoms with Crippen LogP contribution in [0.5, 0.6) is 0 Å². The van der Waals surface area contributed by atoms with Gasteiger partial charge in [-0.1, -0.05) is 26.0 Å². The summed E-state index contributed by atoms with van der Waals surface area (Å²) in [5, 5.41) is 3.34. The molecule has 0 bridgehead atoms. The van der Waals surface area contributed by atoms with Crippen molar-refractivity contribution in [2.24, 2.45) is 0 Å². The molecule has 0 saturated carbocycles. The third kappa shape index (κ3) is 3.92. The average molecular weight is 353 g/mol. The van der Waals surface area contributed by atoms with Gasteiger partial charge in [-0.3, -0.25) is 0 Å². The first-order valence-corrected chi connectivity index (χ1v) is 9.04. The van der Waals surface area contributed by atoms with Crippen LogP contribution in [0.3, 0.4) is 0 Å². The molecule has 2 heterocycles. The Hall–Kier alpha value is -2.70. The zero-order valence-electron chi connectivity index (χ0n) is 16.2. The summed E-state index contributed by atoms with van der Waals surface area (Å²) < 4.78 is 2.26. The van der Waals surface area contributed by atoms with Crippen molar-refractivity contribution in [1.82, 2.24) is 24.5 Å². The molecule has 0 radical (unpaired) electrons. The molecule has 0 spiro atoms. The molecule has 0 unspecified atom stereocenters. The lowest BCUT2D eigenvalue weighted by atomic mass is 10.2. The largest absolute Gasteiger partial charge is 0.354 e. The van der Waals surface area contributed by atoms with E-state index in [0.29, 0.717) is 11.9 Å². The molecule has 2 aromatic heterocycles. The van der Waals surface area contributed by atoms with Gasteiger partial charge in [-0.15, -0.1) is 0 Å². The highest BCUT2D eigenvalue weighted by Crippen LogP contribution is 2.17. The van der Waals surface area contributed by atoms with Gasteiger partial charge in [0.2, 0.25) is 11.9 Å². The van der Waals surface area contributed by atoms with Crippen molar-refractivity contribution in [3.8, 4) is 0 Å². The molecule has 3 aromatic rings. The second-order valence-electron chi connectivity index (χ2n) is 6.95. The first-order valence-electron chi connectivity index (χ1n) is 9.04. The lowest BCUT2D eigenvalue weighted by molar-refractivity contribution is 0.656. The van der Waals surface area contributed by atoms with E-state index in [1.807, 2.05) is 25.1 Å². The Balaban J connectivity index is 1.65.